The van der Waals surface area contributed by atoms with Crippen molar-refractivity contribution in [3.63, 3.8) is 0 Å². The van der Waals surface area contributed by atoms with Gasteiger partial charge in [0.2, 0.25) is 0 Å². The van der Waals surface area contributed by atoms with Crippen LogP contribution < -0.4 is 0 Å². The maximum atomic E-state index is 12.5. The molecule has 0 bridgehead atoms. The number of Topliss-reactive ketones (excluding diaryl/α,β-unsaturated/α-hetero) is 1. The molecule has 17 heavy (non-hydrogen) atoms. The molecular formula is C10H10F3NO3. The number of carbonyl (C=O) groups excluding carboxylic acids is 1. The second kappa shape index (κ2) is 5.03. The first-order valence-corrected chi connectivity index (χ1v) is 4.76. The Labute approximate surface area is 94.4 Å². The number of aliphatic carboxylic acids is 1. The van der Waals surface area contributed by atoms with Crippen molar-refractivity contribution in [1.29, 1.82) is 0 Å². The van der Waals surface area contributed by atoms with Gasteiger partial charge in [0.25, 0.3) is 0 Å². The Hall–Kier alpha value is -1.79. The van der Waals surface area contributed by atoms with Gasteiger partial charge in [-0.25, -0.2) is 0 Å². The Bertz CT molecular complexity index is 397. The number of halogens is 3. The number of carboxylic acids is 1. The molecule has 1 aromatic heterocycles. The number of carboxylic acid groups (broad SMARTS) is 1. The fourth-order valence-corrected chi connectivity index (χ4v) is 1.35. The van der Waals surface area contributed by atoms with Crippen LogP contribution in [0.2, 0.25) is 0 Å². The van der Waals surface area contributed by atoms with E-state index in [1.54, 1.807) is 0 Å². The van der Waals surface area contributed by atoms with Crippen molar-refractivity contribution in [2.75, 3.05) is 0 Å². The number of nitrogens with one attached hydrogen (secondary N) is 1. The van der Waals surface area contributed by atoms with Gasteiger partial charge in [-0.05, 0) is 12.1 Å². The molecule has 1 rings (SSSR count). The summed E-state index contributed by atoms with van der Waals surface area (Å²) < 4.78 is 37.4. The van der Waals surface area contributed by atoms with Crippen LogP contribution in [0.5, 0.6) is 0 Å². The van der Waals surface area contributed by atoms with E-state index in [0.717, 1.165) is 0 Å². The van der Waals surface area contributed by atoms with Gasteiger partial charge in [-0.3, -0.25) is 9.59 Å². The van der Waals surface area contributed by atoms with Gasteiger partial charge in [0.05, 0.1) is 18.0 Å². The van der Waals surface area contributed by atoms with Gasteiger partial charge in [-0.2, -0.15) is 13.2 Å². The van der Waals surface area contributed by atoms with E-state index in [0.29, 0.717) is 0 Å². The van der Waals surface area contributed by atoms with Crippen molar-refractivity contribution >= 4 is 11.8 Å². The lowest BCUT2D eigenvalue weighted by Gasteiger charge is -2.17. The third-order valence-electron chi connectivity index (χ3n) is 2.21. The second-order valence-corrected chi connectivity index (χ2v) is 3.55. The smallest absolute Gasteiger partial charge is 0.392 e. The Morgan fingerprint density at radius 2 is 2.00 bits per heavy atom. The van der Waals surface area contributed by atoms with Crippen LogP contribution in [0.15, 0.2) is 18.3 Å². The van der Waals surface area contributed by atoms with Crippen LogP contribution in [0.1, 0.15) is 23.3 Å². The van der Waals surface area contributed by atoms with E-state index in [4.69, 9.17) is 5.11 Å². The number of hydrogen-bond donors (Lipinski definition) is 2. The highest BCUT2D eigenvalue weighted by Gasteiger charge is 2.42. The van der Waals surface area contributed by atoms with Crippen LogP contribution in [0, 0.1) is 5.92 Å². The normalized spacial score (nSPS) is 13.4. The van der Waals surface area contributed by atoms with Crippen molar-refractivity contribution in [3.05, 3.63) is 24.0 Å². The SMILES string of the molecule is O=C(O)C[C@H](CC(=O)c1ccc[nH]1)C(F)(F)F. The average molecular weight is 249 g/mol. The van der Waals surface area contributed by atoms with Crippen LogP contribution in [0.25, 0.3) is 0 Å². The maximum Gasteiger partial charge on any atom is 0.392 e. The summed E-state index contributed by atoms with van der Waals surface area (Å²) in [7, 11) is 0. The summed E-state index contributed by atoms with van der Waals surface area (Å²) in [5.41, 5.74) is 0.0460. The average Bonchev–Trinajstić information content (AvgIpc) is 2.66. The highest BCUT2D eigenvalue weighted by Crippen LogP contribution is 2.32. The van der Waals surface area contributed by atoms with E-state index in [9.17, 15) is 22.8 Å². The molecule has 94 valence electrons. The first-order chi connectivity index (χ1) is 7.80. The van der Waals surface area contributed by atoms with Gasteiger partial charge in [-0.15, -0.1) is 0 Å². The summed E-state index contributed by atoms with van der Waals surface area (Å²) in [4.78, 5) is 24.2. The topological polar surface area (TPSA) is 70.2 Å². The molecule has 0 amide bonds. The largest absolute Gasteiger partial charge is 0.481 e. The van der Waals surface area contributed by atoms with E-state index in [1.165, 1.54) is 18.3 Å². The van der Waals surface area contributed by atoms with Gasteiger partial charge >= 0.3 is 12.1 Å². The fraction of sp³-hybridized carbons (Fsp3) is 0.400. The number of hydrogen-bond acceptors (Lipinski definition) is 2. The zero-order valence-electron chi connectivity index (χ0n) is 8.62. The molecule has 1 atom stereocenters. The predicted molar refractivity (Wildman–Crippen MR) is 51.5 cm³/mol. The van der Waals surface area contributed by atoms with Gasteiger partial charge < -0.3 is 10.1 Å². The lowest BCUT2D eigenvalue weighted by Crippen LogP contribution is -2.28. The Kier molecular flexibility index (Phi) is 3.93. The molecule has 4 nitrogen and oxygen atoms in total. The molecule has 0 aliphatic carbocycles. The Balaban J connectivity index is 2.73. The van der Waals surface area contributed by atoms with Gasteiger partial charge in [0.15, 0.2) is 5.78 Å². The summed E-state index contributed by atoms with van der Waals surface area (Å²) in [5.74, 6) is -4.49. The highest BCUT2D eigenvalue weighted by atomic mass is 19.4. The minimum atomic E-state index is -4.69. The van der Waals surface area contributed by atoms with Crippen LogP contribution in [-0.2, 0) is 4.79 Å². The van der Waals surface area contributed by atoms with Crippen molar-refractivity contribution < 1.29 is 27.9 Å². The van der Waals surface area contributed by atoms with Crippen LogP contribution in [-0.4, -0.2) is 28.0 Å². The van der Waals surface area contributed by atoms with E-state index in [2.05, 4.69) is 4.98 Å². The summed E-state index contributed by atoms with van der Waals surface area (Å²) in [6.45, 7) is 0. The molecule has 0 saturated heterocycles. The van der Waals surface area contributed by atoms with Crippen molar-refractivity contribution in [2.45, 2.75) is 19.0 Å². The third kappa shape index (κ3) is 3.93. The van der Waals surface area contributed by atoms with Crippen LogP contribution in [0.3, 0.4) is 0 Å². The Morgan fingerprint density at radius 1 is 1.35 bits per heavy atom. The fourth-order valence-electron chi connectivity index (χ4n) is 1.35. The van der Waals surface area contributed by atoms with Gasteiger partial charge in [0.1, 0.15) is 0 Å². The molecule has 0 saturated carbocycles. The highest BCUT2D eigenvalue weighted by molar-refractivity contribution is 5.94. The van der Waals surface area contributed by atoms with E-state index < -0.39 is 36.7 Å². The monoisotopic (exact) mass is 249 g/mol. The standard InChI is InChI=1S/C10H10F3NO3/c11-10(12,13)6(5-9(16)17)4-8(15)7-2-1-3-14-7/h1-3,6,14H,4-5H2,(H,16,17)/t6-/m0/s1. The molecular weight excluding hydrogens is 239 g/mol. The van der Waals surface area contributed by atoms with Crippen molar-refractivity contribution in [3.8, 4) is 0 Å². The van der Waals surface area contributed by atoms with Crippen LogP contribution in [0.4, 0.5) is 13.2 Å². The molecule has 0 fully saturated rings. The summed E-state index contributed by atoms with van der Waals surface area (Å²) >= 11 is 0. The molecule has 0 radical (unpaired) electrons. The first-order valence-electron chi connectivity index (χ1n) is 4.76. The van der Waals surface area contributed by atoms with E-state index in [1.807, 2.05) is 0 Å². The quantitative estimate of drug-likeness (QED) is 0.786. The predicted octanol–water partition coefficient (Wildman–Crippen LogP) is 2.24. The molecule has 0 aliphatic heterocycles. The van der Waals surface area contributed by atoms with Crippen molar-refractivity contribution in [2.24, 2.45) is 5.92 Å². The molecule has 0 aliphatic rings. The maximum absolute atomic E-state index is 12.5. The van der Waals surface area contributed by atoms with Gasteiger partial charge in [0, 0.05) is 12.6 Å². The molecule has 0 spiro atoms. The molecule has 2 N–H and O–H groups in total. The van der Waals surface area contributed by atoms with E-state index in [-0.39, 0.29) is 5.69 Å². The third-order valence-corrected chi connectivity index (χ3v) is 2.21. The van der Waals surface area contributed by atoms with Crippen LogP contribution >= 0.6 is 0 Å². The van der Waals surface area contributed by atoms with Crippen molar-refractivity contribution in [1.82, 2.24) is 4.98 Å². The van der Waals surface area contributed by atoms with Gasteiger partial charge in [-0.1, -0.05) is 0 Å². The Morgan fingerprint density at radius 3 is 2.41 bits per heavy atom. The lowest BCUT2D eigenvalue weighted by molar-refractivity contribution is -0.182. The number of aromatic amines is 1. The summed E-state index contributed by atoms with van der Waals surface area (Å²) in [6, 6.07) is 2.82. The minimum Gasteiger partial charge on any atom is -0.481 e. The number of H-pyrrole nitrogens is 1. The zero-order valence-corrected chi connectivity index (χ0v) is 8.62. The molecule has 7 heteroatoms. The summed E-state index contributed by atoms with van der Waals surface area (Å²) in [5, 5.41) is 8.37. The minimum absolute atomic E-state index is 0.0460. The number of rotatable bonds is 5. The lowest BCUT2D eigenvalue weighted by atomic mass is 9.97. The molecule has 0 unspecified atom stereocenters. The molecule has 0 aromatic carbocycles. The second-order valence-electron chi connectivity index (χ2n) is 3.55. The summed E-state index contributed by atoms with van der Waals surface area (Å²) in [6.07, 6.45) is -5.25. The molecule has 1 heterocycles. The number of aromatic nitrogens is 1. The van der Waals surface area contributed by atoms with E-state index >= 15 is 0 Å². The number of carbonyl (C=O) groups is 2. The number of ketones is 1. The zero-order chi connectivity index (χ0) is 13.1. The molecule has 1 aromatic rings. The first kappa shape index (κ1) is 13.3. The number of alkyl halides is 3.